The molecule has 0 aliphatic rings. The van der Waals surface area contributed by atoms with Crippen LogP contribution in [0.2, 0.25) is 0 Å². The van der Waals surface area contributed by atoms with Crippen molar-refractivity contribution in [1.29, 1.82) is 0 Å². The van der Waals surface area contributed by atoms with Gasteiger partial charge in [0.15, 0.2) is 0 Å². The van der Waals surface area contributed by atoms with E-state index in [1.54, 1.807) is 11.8 Å². The maximum absolute atomic E-state index is 5.66. The molecule has 0 saturated heterocycles. The normalized spacial score (nSPS) is 10.7. The summed E-state index contributed by atoms with van der Waals surface area (Å²) in [5.74, 6) is 0. The Morgan fingerprint density at radius 1 is 1.11 bits per heavy atom. The summed E-state index contributed by atoms with van der Waals surface area (Å²) in [6.45, 7) is 4.84. The summed E-state index contributed by atoms with van der Waals surface area (Å²) >= 11 is 5.34. The minimum atomic E-state index is 0.565. The zero-order valence-electron chi connectivity index (χ0n) is 10.5. The average Bonchev–Trinajstić information content (AvgIpc) is 2.33. The Labute approximate surface area is 121 Å². The van der Waals surface area contributed by atoms with Crippen LogP contribution < -0.4 is 5.73 Å². The molecule has 0 aliphatic heterocycles. The second kappa shape index (κ2) is 5.91. The molecule has 2 aromatic rings. The molecule has 0 amide bonds. The van der Waals surface area contributed by atoms with E-state index in [0.717, 1.165) is 10.0 Å². The highest BCUT2D eigenvalue weighted by molar-refractivity contribution is 9.10. The van der Waals surface area contributed by atoms with Crippen molar-refractivity contribution in [2.45, 2.75) is 30.2 Å². The lowest BCUT2D eigenvalue weighted by molar-refractivity contribution is 1.05. The first-order chi connectivity index (χ1) is 8.60. The molecular formula is C15H16BrNS. The predicted octanol–water partition coefficient (Wildman–Crippen LogP) is 4.68. The molecule has 0 bridgehead atoms. The monoisotopic (exact) mass is 321 g/mol. The van der Waals surface area contributed by atoms with E-state index in [4.69, 9.17) is 5.73 Å². The highest BCUT2D eigenvalue weighted by Gasteiger charge is 2.04. The van der Waals surface area contributed by atoms with E-state index >= 15 is 0 Å². The van der Waals surface area contributed by atoms with Crippen molar-refractivity contribution in [3.8, 4) is 0 Å². The van der Waals surface area contributed by atoms with Crippen molar-refractivity contribution in [1.82, 2.24) is 0 Å². The van der Waals surface area contributed by atoms with Gasteiger partial charge in [0.2, 0.25) is 0 Å². The van der Waals surface area contributed by atoms with Gasteiger partial charge in [-0.2, -0.15) is 0 Å². The molecule has 18 heavy (non-hydrogen) atoms. The maximum atomic E-state index is 5.66. The van der Waals surface area contributed by atoms with Gasteiger partial charge >= 0.3 is 0 Å². The molecule has 0 fully saturated rings. The van der Waals surface area contributed by atoms with E-state index in [1.807, 2.05) is 0 Å². The fourth-order valence-corrected chi connectivity index (χ4v) is 3.41. The van der Waals surface area contributed by atoms with Crippen LogP contribution in [0.3, 0.4) is 0 Å². The van der Waals surface area contributed by atoms with Crippen LogP contribution in [0.5, 0.6) is 0 Å². The van der Waals surface area contributed by atoms with Crippen LogP contribution in [0.25, 0.3) is 0 Å². The molecular weight excluding hydrogens is 306 g/mol. The molecule has 0 saturated carbocycles. The minimum absolute atomic E-state index is 0.565. The van der Waals surface area contributed by atoms with Crippen LogP contribution >= 0.6 is 27.7 Å². The quantitative estimate of drug-likeness (QED) is 0.888. The first kappa shape index (κ1) is 13.7. The van der Waals surface area contributed by atoms with Crippen LogP contribution in [0, 0.1) is 13.8 Å². The summed E-state index contributed by atoms with van der Waals surface area (Å²) in [7, 11) is 0. The van der Waals surface area contributed by atoms with E-state index in [9.17, 15) is 0 Å². The van der Waals surface area contributed by atoms with Crippen LogP contribution in [0.15, 0.2) is 50.7 Å². The van der Waals surface area contributed by atoms with Crippen molar-refractivity contribution in [2.75, 3.05) is 0 Å². The fourth-order valence-electron chi connectivity index (χ4n) is 1.80. The van der Waals surface area contributed by atoms with Gasteiger partial charge in [-0.25, -0.2) is 0 Å². The lowest BCUT2D eigenvalue weighted by Crippen LogP contribution is -1.96. The summed E-state index contributed by atoms with van der Waals surface area (Å²) in [5.41, 5.74) is 9.42. The summed E-state index contributed by atoms with van der Waals surface area (Å²) in [5, 5.41) is 0. The fraction of sp³-hybridized carbons (Fsp3) is 0.200. The standard InChI is InChI=1S/C15H16BrNS/c1-10-3-6-15(11(2)7-10)18-13-5-4-12(9-17)14(16)8-13/h3-8H,9,17H2,1-2H3. The predicted molar refractivity (Wildman–Crippen MR) is 82.1 cm³/mol. The molecule has 3 heteroatoms. The van der Waals surface area contributed by atoms with Gasteiger partial charge in [-0.1, -0.05) is 51.5 Å². The summed E-state index contributed by atoms with van der Waals surface area (Å²) in [6.07, 6.45) is 0. The first-order valence-electron chi connectivity index (χ1n) is 5.84. The summed E-state index contributed by atoms with van der Waals surface area (Å²) in [4.78, 5) is 2.53. The summed E-state index contributed by atoms with van der Waals surface area (Å²) < 4.78 is 1.08. The van der Waals surface area contributed by atoms with E-state index in [1.165, 1.54) is 20.9 Å². The third kappa shape index (κ3) is 3.16. The number of hydrogen-bond acceptors (Lipinski definition) is 2. The van der Waals surface area contributed by atoms with E-state index in [0.29, 0.717) is 6.54 Å². The first-order valence-corrected chi connectivity index (χ1v) is 7.44. The third-order valence-electron chi connectivity index (χ3n) is 2.80. The molecule has 0 radical (unpaired) electrons. The summed E-state index contributed by atoms with van der Waals surface area (Å²) in [6, 6.07) is 12.9. The molecule has 0 atom stereocenters. The second-order valence-electron chi connectivity index (χ2n) is 4.33. The Morgan fingerprint density at radius 3 is 2.50 bits per heavy atom. The van der Waals surface area contributed by atoms with Gasteiger partial charge in [-0.05, 0) is 43.2 Å². The molecule has 0 unspecified atom stereocenters. The minimum Gasteiger partial charge on any atom is -0.326 e. The number of benzene rings is 2. The second-order valence-corrected chi connectivity index (χ2v) is 6.30. The van der Waals surface area contributed by atoms with E-state index in [-0.39, 0.29) is 0 Å². The molecule has 0 aliphatic carbocycles. The largest absolute Gasteiger partial charge is 0.326 e. The van der Waals surface area contributed by atoms with E-state index < -0.39 is 0 Å². The van der Waals surface area contributed by atoms with Gasteiger partial charge in [0.05, 0.1) is 0 Å². The van der Waals surface area contributed by atoms with Crippen molar-refractivity contribution >= 4 is 27.7 Å². The van der Waals surface area contributed by atoms with E-state index in [2.05, 4.69) is 66.2 Å². The molecule has 2 aromatic carbocycles. The molecule has 2 rings (SSSR count). The van der Waals surface area contributed by atoms with Gasteiger partial charge in [-0.3, -0.25) is 0 Å². The van der Waals surface area contributed by atoms with Crippen LogP contribution in [-0.2, 0) is 6.54 Å². The van der Waals surface area contributed by atoms with Crippen molar-refractivity contribution in [3.63, 3.8) is 0 Å². The SMILES string of the molecule is Cc1ccc(Sc2ccc(CN)c(Br)c2)c(C)c1. The smallest absolute Gasteiger partial charge is 0.0231 e. The number of aryl methyl sites for hydroxylation is 2. The van der Waals surface area contributed by atoms with Crippen molar-refractivity contribution in [2.24, 2.45) is 5.73 Å². The maximum Gasteiger partial charge on any atom is 0.0231 e. The zero-order valence-corrected chi connectivity index (χ0v) is 12.9. The van der Waals surface area contributed by atoms with Crippen LogP contribution in [-0.4, -0.2) is 0 Å². The molecule has 0 spiro atoms. The molecule has 1 nitrogen and oxygen atoms in total. The Hall–Kier alpha value is -0.770. The third-order valence-corrected chi connectivity index (χ3v) is 4.71. The van der Waals surface area contributed by atoms with Gasteiger partial charge < -0.3 is 5.73 Å². The highest BCUT2D eigenvalue weighted by Crippen LogP contribution is 2.33. The highest BCUT2D eigenvalue weighted by atomic mass is 79.9. The number of nitrogens with two attached hydrogens (primary N) is 1. The van der Waals surface area contributed by atoms with Gasteiger partial charge in [0, 0.05) is 20.8 Å². The number of halogens is 1. The average molecular weight is 322 g/mol. The van der Waals surface area contributed by atoms with Crippen LogP contribution in [0.1, 0.15) is 16.7 Å². The Kier molecular flexibility index (Phi) is 4.49. The molecule has 0 aromatic heterocycles. The zero-order chi connectivity index (χ0) is 13.1. The van der Waals surface area contributed by atoms with Gasteiger partial charge in [-0.15, -0.1) is 0 Å². The number of rotatable bonds is 3. The lowest BCUT2D eigenvalue weighted by Gasteiger charge is -2.08. The Morgan fingerprint density at radius 2 is 1.89 bits per heavy atom. The molecule has 94 valence electrons. The lowest BCUT2D eigenvalue weighted by atomic mass is 10.2. The number of hydrogen-bond donors (Lipinski definition) is 1. The topological polar surface area (TPSA) is 26.0 Å². The van der Waals surface area contributed by atoms with Crippen LogP contribution in [0.4, 0.5) is 0 Å². The van der Waals surface area contributed by atoms with Crippen molar-refractivity contribution < 1.29 is 0 Å². The Bertz CT molecular complexity index is 566. The molecule has 0 heterocycles. The van der Waals surface area contributed by atoms with Gasteiger partial charge in [0.1, 0.15) is 0 Å². The van der Waals surface area contributed by atoms with Crippen molar-refractivity contribution in [3.05, 3.63) is 57.6 Å². The molecule has 2 N–H and O–H groups in total. The Balaban J connectivity index is 2.26. The van der Waals surface area contributed by atoms with Gasteiger partial charge in [0.25, 0.3) is 0 Å².